The van der Waals surface area contributed by atoms with Gasteiger partial charge in [-0.1, -0.05) is 6.07 Å². The van der Waals surface area contributed by atoms with Gasteiger partial charge in [0.2, 0.25) is 0 Å². The van der Waals surface area contributed by atoms with E-state index in [-0.39, 0.29) is 6.04 Å². The number of ether oxygens (including phenoxy) is 1. The molecule has 4 nitrogen and oxygen atoms in total. The van der Waals surface area contributed by atoms with E-state index in [0.29, 0.717) is 13.1 Å². The van der Waals surface area contributed by atoms with Crippen molar-refractivity contribution >= 4 is 0 Å². The Morgan fingerprint density at radius 1 is 1.14 bits per heavy atom. The van der Waals surface area contributed by atoms with Crippen LogP contribution in [0.3, 0.4) is 0 Å². The molecule has 1 aromatic rings. The van der Waals surface area contributed by atoms with Gasteiger partial charge in [0.25, 0.3) is 0 Å². The van der Waals surface area contributed by atoms with Gasteiger partial charge in [-0.3, -0.25) is 9.80 Å². The summed E-state index contributed by atoms with van der Waals surface area (Å²) >= 11 is 0. The molecule has 2 aliphatic heterocycles. The van der Waals surface area contributed by atoms with Gasteiger partial charge in [-0.25, -0.2) is 8.78 Å². The van der Waals surface area contributed by atoms with Crippen LogP contribution in [-0.2, 0) is 11.3 Å². The van der Waals surface area contributed by atoms with Crippen molar-refractivity contribution in [2.24, 2.45) is 0 Å². The summed E-state index contributed by atoms with van der Waals surface area (Å²) in [6.45, 7) is 5.11. The zero-order valence-electron chi connectivity index (χ0n) is 12.5. The minimum Gasteiger partial charge on any atom is -0.390 e. The average Bonchev–Trinajstić information content (AvgIpc) is 2.52. The predicted octanol–water partition coefficient (Wildman–Crippen LogP) is 1.23. The van der Waals surface area contributed by atoms with E-state index < -0.39 is 17.7 Å². The van der Waals surface area contributed by atoms with Gasteiger partial charge in [0.15, 0.2) is 11.6 Å². The van der Waals surface area contributed by atoms with Gasteiger partial charge in [-0.15, -0.1) is 0 Å². The largest absolute Gasteiger partial charge is 0.390 e. The molecule has 1 aromatic carbocycles. The van der Waals surface area contributed by atoms with Crippen molar-refractivity contribution in [3.63, 3.8) is 0 Å². The second kappa shape index (κ2) is 7.00. The van der Waals surface area contributed by atoms with Gasteiger partial charge in [-0.05, 0) is 24.1 Å². The molecule has 2 saturated heterocycles. The monoisotopic (exact) mass is 312 g/mol. The molecule has 0 spiro atoms. The Morgan fingerprint density at radius 2 is 1.91 bits per heavy atom. The lowest BCUT2D eigenvalue weighted by Gasteiger charge is -2.43. The third kappa shape index (κ3) is 3.63. The Bertz CT molecular complexity index is 509. The molecular weight excluding hydrogens is 290 g/mol. The first kappa shape index (κ1) is 15.8. The first-order valence-electron chi connectivity index (χ1n) is 7.79. The fourth-order valence-corrected chi connectivity index (χ4v) is 3.36. The molecule has 0 aromatic heterocycles. The summed E-state index contributed by atoms with van der Waals surface area (Å²) in [5.74, 6) is -1.64. The van der Waals surface area contributed by atoms with E-state index in [1.54, 1.807) is 6.07 Å². The highest BCUT2D eigenvalue weighted by molar-refractivity contribution is 5.17. The van der Waals surface area contributed by atoms with E-state index >= 15 is 0 Å². The number of rotatable bonds is 3. The van der Waals surface area contributed by atoms with E-state index in [0.717, 1.165) is 50.9 Å². The minimum atomic E-state index is -0.824. The Kier molecular flexibility index (Phi) is 5.03. The maximum Gasteiger partial charge on any atom is 0.159 e. The van der Waals surface area contributed by atoms with E-state index in [1.807, 2.05) is 0 Å². The normalized spacial score (nSPS) is 28.0. The third-order valence-corrected chi connectivity index (χ3v) is 4.54. The zero-order chi connectivity index (χ0) is 15.5. The molecule has 0 bridgehead atoms. The van der Waals surface area contributed by atoms with Crippen LogP contribution in [0.25, 0.3) is 0 Å². The fraction of sp³-hybridized carbons (Fsp3) is 0.625. The number of aliphatic hydroxyl groups is 1. The lowest BCUT2D eigenvalue weighted by molar-refractivity contribution is -0.0534. The topological polar surface area (TPSA) is 35.9 Å². The number of halogens is 2. The van der Waals surface area contributed by atoms with Crippen LogP contribution in [0.4, 0.5) is 8.78 Å². The molecule has 2 aliphatic rings. The molecule has 6 heteroatoms. The molecule has 0 unspecified atom stereocenters. The van der Waals surface area contributed by atoms with Crippen molar-refractivity contribution in [2.75, 3.05) is 39.4 Å². The molecule has 3 rings (SSSR count). The Labute approximate surface area is 129 Å². The Balaban J connectivity index is 1.56. The zero-order valence-corrected chi connectivity index (χ0v) is 12.5. The highest BCUT2D eigenvalue weighted by Crippen LogP contribution is 2.20. The van der Waals surface area contributed by atoms with Gasteiger partial charge < -0.3 is 9.84 Å². The molecule has 2 heterocycles. The quantitative estimate of drug-likeness (QED) is 0.911. The summed E-state index contributed by atoms with van der Waals surface area (Å²) in [5.41, 5.74) is 0.732. The summed E-state index contributed by atoms with van der Waals surface area (Å²) in [7, 11) is 0. The van der Waals surface area contributed by atoms with E-state index in [4.69, 9.17) is 4.74 Å². The Morgan fingerprint density at radius 3 is 2.59 bits per heavy atom. The predicted molar refractivity (Wildman–Crippen MR) is 78.4 cm³/mol. The second-order valence-electron chi connectivity index (χ2n) is 6.06. The highest BCUT2D eigenvalue weighted by atomic mass is 19.2. The highest BCUT2D eigenvalue weighted by Gasteiger charge is 2.32. The maximum atomic E-state index is 13.3. The van der Waals surface area contributed by atoms with Crippen molar-refractivity contribution in [3.05, 3.63) is 35.4 Å². The van der Waals surface area contributed by atoms with Crippen LogP contribution in [0.1, 0.15) is 12.0 Å². The minimum absolute atomic E-state index is 0.171. The van der Waals surface area contributed by atoms with Crippen molar-refractivity contribution in [3.8, 4) is 0 Å². The molecule has 0 radical (unpaired) electrons. The molecular formula is C16H22F2N2O2. The lowest BCUT2D eigenvalue weighted by atomic mass is 9.99. The summed E-state index contributed by atoms with van der Waals surface area (Å²) in [6, 6.07) is 4.15. The van der Waals surface area contributed by atoms with Gasteiger partial charge in [-0.2, -0.15) is 0 Å². The van der Waals surface area contributed by atoms with Crippen molar-refractivity contribution in [1.82, 2.24) is 9.80 Å². The maximum absolute atomic E-state index is 13.3. The first-order valence-corrected chi connectivity index (χ1v) is 7.79. The van der Waals surface area contributed by atoms with E-state index in [9.17, 15) is 13.9 Å². The van der Waals surface area contributed by atoms with Crippen LogP contribution >= 0.6 is 0 Å². The van der Waals surface area contributed by atoms with E-state index in [2.05, 4.69) is 9.80 Å². The number of hydrogen-bond acceptors (Lipinski definition) is 4. The van der Waals surface area contributed by atoms with Crippen LogP contribution in [0, 0.1) is 11.6 Å². The molecule has 0 aliphatic carbocycles. The molecule has 2 atom stereocenters. The molecule has 1 N–H and O–H groups in total. The van der Waals surface area contributed by atoms with Crippen LogP contribution < -0.4 is 0 Å². The first-order chi connectivity index (χ1) is 10.6. The van der Waals surface area contributed by atoms with Crippen LogP contribution in [0.15, 0.2) is 18.2 Å². The number of hydrogen-bond donors (Lipinski definition) is 1. The van der Waals surface area contributed by atoms with Crippen molar-refractivity contribution in [1.29, 1.82) is 0 Å². The number of β-amino-alcohol motifs (C(OH)–C–C–N with tert-alkyl or cyclic N) is 1. The van der Waals surface area contributed by atoms with Crippen molar-refractivity contribution < 1.29 is 18.6 Å². The number of nitrogens with zero attached hydrogens (tertiary/aromatic N) is 2. The van der Waals surface area contributed by atoms with E-state index in [1.165, 1.54) is 6.07 Å². The van der Waals surface area contributed by atoms with Crippen LogP contribution in [-0.4, -0.2) is 66.4 Å². The third-order valence-electron chi connectivity index (χ3n) is 4.54. The summed E-state index contributed by atoms with van der Waals surface area (Å²) < 4.78 is 31.6. The second-order valence-corrected chi connectivity index (χ2v) is 6.06. The van der Waals surface area contributed by atoms with Gasteiger partial charge in [0.1, 0.15) is 0 Å². The number of morpholine rings is 1. The molecule has 122 valence electrons. The van der Waals surface area contributed by atoms with Gasteiger partial charge in [0, 0.05) is 38.8 Å². The fourth-order valence-electron chi connectivity index (χ4n) is 3.36. The van der Waals surface area contributed by atoms with Crippen LogP contribution in [0.5, 0.6) is 0 Å². The molecule has 0 amide bonds. The molecule has 2 fully saturated rings. The van der Waals surface area contributed by atoms with Crippen LogP contribution in [0.2, 0.25) is 0 Å². The average molecular weight is 312 g/mol. The lowest BCUT2D eigenvalue weighted by Crippen LogP contribution is -2.56. The SMILES string of the molecule is O[C@@H]1CN(Cc2ccc(F)c(F)c2)CC[C@H]1N1CCOCC1. The number of piperidine rings is 1. The summed E-state index contributed by atoms with van der Waals surface area (Å²) in [6.07, 6.45) is 0.460. The summed E-state index contributed by atoms with van der Waals surface area (Å²) in [5, 5.41) is 10.4. The van der Waals surface area contributed by atoms with Crippen molar-refractivity contribution in [2.45, 2.75) is 25.1 Å². The molecule has 22 heavy (non-hydrogen) atoms. The number of likely N-dealkylation sites (tertiary alicyclic amines) is 1. The smallest absolute Gasteiger partial charge is 0.159 e. The van der Waals surface area contributed by atoms with Gasteiger partial charge >= 0.3 is 0 Å². The standard InChI is InChI=1S/C16H22F2N2O2/c17-13-2-1-12(9-14(13)18)10-19-4-3-15(16(21)11-19)20-5-7-22-8-6-20/h1-2,9,15-16,21H,3-8,10-11H2/t15-,16-/m1/s1. The number of aliphatic hydroxyl groups excluding tert-OH is 1. The summed E-state index contributed by atoms with van der Waals surface area (Å²) in [4.78, 5) is 4.39. The van der Waals surface area contributed by atoms with Gasteiger partial charge in [0.05, 0.1) is 19.3 Å². The Hall–Kier alpha value is -1.08. The molecule has 0 saturated carbocycles. The number of benzene rings is 1.